The van der Waals surface area contributed by atoms with Gasteiger partial charge in [0.2, 0.25) is 0 Å². The molecule has 0 aliphatic carbocycles. The second-order valence-corrected chi connectivity index (χ2v) is 15.2. The average Bonchev–Trinajstić information content (AvgIpc) is 3.70. The normalized spacial score (nSPS) is 21.9. The van der Waals surface area contributed by atoms with Gasteiger partial charge in [-0.1, -0.05) is 91.9 Å². The van der Waals surface area contributed by atoms with E-state index in [1.54, 1.807) is 24.3 Å². The number of hydrogen-bond donors (Lipinski definition) is 2. The van der Waals surface area contributed by atoms with E-state index in [1.807, 2.05) is 95.6 Å². The molecule has 9 rings (SSSR count). The molecule has 10 heteroatoms. The van der Waals surface area contributed by atoms with Crippen LogP contribution in [0.1, 0.15) is 81.2 Å². The molecule has 4 atom stereocenters. The van der Waals surface area contributed by atoms with Crippen LogP contribution in [0.2, 0.25) is 0 Å². The van der Waals surface area contributed by atoms with E-state index in [9.17, 15) is 19.5 Å². The molecule has 2 amide bonds. The maximum Gasteiger partial charge on any atom is 0.326 e. The molecule has 3 aliphatic rings. The molecule has 2 fully saturated rings. The fourth-order valence-electron chi connectivity index (χ4n) is 8.66. The zero-order valence-electron chi connectivity index (χ0n) is 31.2. The number of imidazole rings is 1. The highest BCUT2D eigenvalue weighted by atomic mass is 16.7. The van der Waals surface area contributed by atoms with Crippen molar-refractivity contribution in [2.24, 2.45) is 5.92 Å². The molecule has 3 aliphatic heterocycles. The Morgan fingerprint density at radius 1 is 0.714 bits per heavy atom. The Kier molecular flexibility index (Phi) is 9.72. The van der Waals surface area contributed by atoms with E-state index in [2.05, 4.69) is 22.9 Å². The first-order valence-corrected chi connectivity index (χ1v) is 19.4. The summed E-state index contributed by atoms with van der Waals surface area (Å²) in [6, 6.07) is 39.0. The number of ether oxygens (including phenoxy) is 2. The number of carbonyl (C=O) groups is 2. The zero-order chi connectivity index (χ0) is 38.3. The van der Waals surface area contributed by atoms with Gasteiger partial charge in [0.15, 0.2) is 6.29 Å². The topological polar surface area (TPSA) is 117 Å². The van der Waals surface area contributed by atoms with Crippen LogP contribution in [-0.2, 0) is 22.6 Å². The van der Waals surface area contributed by atoms with Crippen molar-refractivity contribution in [3.05, 3.63) is 165 Å². The van der Waals surface area contributed by atoms with Gasteiger partial charge in [-0.25, -0.2) is 4.79 Å². The number of likely N-dealkylation sites (tertiary alicyclic amines) is 1. The Labute approximate surface area is 324 Å². The van der Waals surface area contributed by atoms with Crippen LogP contribution in [0.15, 0.2) is 126 Å². The number of fused-ring (bicyclic) bond motifs is 2. The van der Waals surface area contributed by atoms with Crippen LogP contribution in [0, 0.1) is 5.92 Å². The number of aliphatic hydroxyl groups is 1. The van der Waals surface area contributed by atoms with E-state index < -0.39 is 6.29 Å². The summed E-state index contributed by atoms with van der Waals surface area (Å²) in [4.78, 5) is 45.9. The van der Waals surface area contributed by atoms with Crippen LogP contribution < -0.4 is 5.69 Å². The van der Waals surface area contributed by atoms with Crippen molar-refractivity contribution >= 4 is 22.8 Å². The molecule has 56 heavy (non-hydrogen) atoms. The summed E-state index contributed by atoms with van der Waals surface area (Å²) in [7, 11) is 0. The van der Waals surface area contributed by atoms with Crippen molar-refractivity contribution in [2.45, 2.75) is 57.5 Å². The Morgan fingerprint density at radius 2 is 1.39 bits per heavy atom. The number of aromatic amines is 1. The Hall–Kier alpha value is -5.65. The van der Waals surface area contributed by atoms with Crippen molar-refractivity contribution in [3.63, 3.8) is 0 Å². The largest absolute Gasteiger partial charge is 0.392 e. The number of imide groups is 1. The number of benzene rings is 5. The molecule has 284 valence electrons. The van der Waals surface area contributed by atoms with Gasteiger partial charge in [0.1, 0.15) is 0 Å². The van der Waals surface area contributed by atoms with Gasteiger partial charge in [-0.3, -0.25) is 19.1 Å². The SMILES string of the molecule is C[C@@H]1[C@H](CN2CCC(n3c(=O)[nH]c4ccccc43)CC2)O[C@H](c2cccc(-c3cccc(CN4C(=O)c5ccccc5C4=O)c3)c2)O[C@@H]1c1ccc(CO)cc1. The number of amides is 2. The number of aliphatic hydroxyl groups excluding tert-OH is 1. The highest BCUT2D eigenvalue weighted by molar-refractivity contribution is 6.21. The first-order chi connectivity index (χ1) is 27.3. The summed E-state index contributed by atoms with van der Waals surface area (Å²) in [5, 5.41) is 9.71. The first-order valence-electron chi connectivity index (χ1n) is 19.4. The molecule has 0 radical (unpaired) electrons. The van der Waals surface area contributed by atoms with Crippen molar-refractivity contribution in [2.75, 3.05) is 19.6 Å². The Bertz CT molecular complexity index is 2430. The molecule has 6 aromatic rings. The van der Waals surface area contributed by atoms with Crippen LogP contribution >= 0.6 is 0 Å². The summed E-state index contributed by atoms with van der Waals surface area (Å²) < 4.78 is 15.6. The number of rotatable bonds is 9. The molecule has 0 unspecified atom stereocenters. The first kappa shape index (κ1) is 36.0. The molecule has 4 heterocycles. The summed E-state index contributed by atoms with van der Waals surface area (Å²) in [6.45, 7) is 4.75. The predicted octanol–water partition coefficient (Wildman–Crippen LogP) is 7.41. The number of nitrogens with one attached hydrogen (secondary N) is 1. The number of hydrogen-bond acceptors (Lipinski definition) is 7. The van der Waals surface area contributed by atoms with E-state index in [1.165, 1.54) is 4.90 Å². The van der Waals surface area contributed by atoms with Crippen LogP contribution in [0.4, 0.5) is 0 Å². The molecule has 5 aromatic carbocycles. The number of piperidine rings is 1. The minimum atomic E-state index is -0.637. The van der Waals surface area contributed by atoms with Gasteiger partial charge in [0.25, 0.3) is 11.8 Å². The van der Waals surface area contributed by atoms with E-state index in [0.29, 0.717) is 11.1 Å². The third-order valence-corrected chi connectivity index (χ3v) is 11.7. The van der Waals surface area contributed by atoms with Crippen LogP contribution in [0.3, 0.4) is 0 Å². The molecule has 2 saturated heterocycles. The minimum Gasteiger partial charge on any atom is -0.392 e. The maximum absolute atomic E-state index is 13.1. The highest BCUT2D eigenvalue weighted by Gasteiger charge is 2.40. The van der Waals surface area contributed by atoms with E-state index >= 15 is 0 Å². The summed E-state index contributed by atoms with van der Waals surface area (Å²) in [5.41, 5.74) is 8.18. The quantitative estimate of drug-likeness (QED) is 0.148. The lowest BCUT2D eigenvalue weighted by molar-refractivity contribution is -0.276. The van der Waals surface area contributed by atoms with Gasteiger partial charge in [-0.15, -0.1) is 0 Å². The summed E-state index contributed by atoms with van der Waals surface area (Å²) in [6.07, 6.45) is 0.699. The number of carbonyl (C=O) groups excluding carboxylic acids is 2. The van der Waals surface area contributed by atoms with Gasteiger partial charge in [0, 0.05) is 37.2 Å². The molecular formula is C46H44N4O6. The minimum absolute atomic E-state index is 0.0252. The lowest BCUT2D eigenvalue weighted by atomic mass is 9.89. The monoisotopic (exact) mass is 748 g/mol. The van der Waals surface area contributed by atoms with Crippen molar-refractivity contribution in [1.82, 2.24) is 19.4 Å². The summed E-state index contributed by atoms with van der Waals surface area (Å²) >= 11 is 0. The lowest BCUT2D eigenvalue weighted by Gasteiger charge is -2.44. The third kappa shape index (κ3) is 6.79. The molecule has 10 nitrogen and oxygen atoms in total. The number of H-pyrrole nitrogens is 1. The third-order valence-electron chi connectivity index (χ3n) is 11.7. The van der Waals surface area contributed by atoms with Crippen LogP contribution in [0.25, 0.3) is 22.2 Å². The lowest BCUT2D eigenvalue weighted by Crippen LogP contribution is -2.47. The predicted molar refractivity (Wildman–Crippen MR) is 213 cm³/mol. The molecular weight excluding hydrogens is 705 g/mol. The van der Waals surface area contributed by atoms with Gasteiger partial charge in [0.05, 0.1) is 47.5 Å². The second-order valence-electron chi connectivity index (χ2n) is 15.2. The Morgan fingerprint density at radius 3 is 2.12 bits per heavy atom. The Balaban J connectivity index is 0.944. The second kappa shape index (κ2) is 15.1. The van der Waals surface area contributed by atoms with E-state index in [0.717, 1.165) is 76.9 Å². The van der Waals surface area contributed by atoms with E-state index in [-0.39, 0.29) is 54.8 Å². The number of para-hydroxylation sites is 2. The van der Waals surface area contributed by atoms with Gasteiger partial charge >= 0.3 is 5.69 Å². The van der Waals surface area contributed by atoms with Gasteiger partial charge < -0.3 is 24.5 Å². The van der Waals surface area contributed by atoms with Gasteiger partial charge in [-0.2, -0.15) is 0 Å². The standard InChI is InChI=1S/C46H44N4O6/c1-29-41(27-48-22-20-36(21-23-48)50-40-15-5-4-14-39(40)47-46(50)54)55-45(56-42(29)32-18-16-30(28-51)17-19-32)35-11-7-10-34(25-35)33-9-6-8-31(24-33)26-49-43(52)37-12-2-3-13-38(37)44(49)53/h2-19,24-25,29,36,41-42,45,51H,20-23,26-28H2,1H3,(H,47,54)/t29-,41+,42+,45+/m1/s1. The molecule has 0 saturated carbocycles. The average molecular weight is 749 g/mol. The fourth-order valence-corrected chi connectivity index (χ4v) is 8.66. The van der Waals surface area contributed by atoms with Crippen molar-refractivity contribution in [3.8, 4) is 11.1 Å². The molecule has 0 spiro atoms. The van der Waals surface area contributed by atoms with Gasteiger partial charge in [-0.05, 0) is 77.1 Å². The van der Waals surface area contributed by atoms with Crippen LogP contribution in [-0.4, -0.2) is 62.0 Å². The van der Waals surface area contributed by atoms with Crippen molar-refractivity contribution in [1.29, 1.82) is 0 Å². The van der Waals surface area contributed by atoms with E-state index in [4.69, 9.17) is 9.47 Å². The molecule has 1 aromatic heterocycles. The number of nitrogens with zero attached hydrogens (tertiary/aromatic N) is 3. The maximum atomic E-state index is 13.1. The smallest absolute Gasteiger partial charge is 0.326 e. The van der Waals surface area contributed by atoms with Crippen LogP contribution in [0.5, 0.6) is 0 Å². The molecule has 0 bridgehead atoms. The number of aromatic nitrogens is 2. The zero-order valence-corrected chi connectivity index (χ0v) is 31.2. The highest BCUT2D eigenvalue weighted by Crippen LogP contribution is 2.43. The molecule has 2 N–H and O–H groups in total. The van der Waals surface area contributed by atoms with Crippen molar-refractivity contribution < 1.29 is 24.2 Å². The fraction of sp³-hybridized carbons (Fsp3) is 0.283. The summed E-state index contributed by atoms with van der Waals surface area (Å²) in [5.74, 6) is -0.520.